The maximum Gasteiger partial charge on any atom is 0.0443 e. The summed E-state index contributed by atoms with van der Waals surface area (Å²) in [6.45, 7) is 7.01. The van der Waals surface area contributed by atoms with Gasteiger partial charge in [0.15, 0.2) is 0 Å². The van der Waals surface area contributed by atoms with Crippen LogP contribution < -0.4 is 5.32 Å². The summed E-state index contributed by atoms with van der Waals surface area (Å²) in [4.78, 5) is 2.43. The second-order valence-corrected chi connectivity index (χ2v) is 4.64. The number of aliphatic hydroxyl groups is 1. The van der Waals surface area contributed by atoms with Crippen LogP contribution in [0.3, 0.4) is 0 Å². The Morgan fingerprint density at radius 1 is 1.43 bits per heavy atom. The summed E-state index contributed by atoms with van der Waals surface area (Å²) in [5.74, 6) is 0.717. The Morgan fingerprint density at radius 2 is 2.14 bits per heavy atom. The second kappa shape index (κ2) is 5.69. The summed E-state index contributed by atoms with van der Waals surface area (Å²) in [5, 5.41) is 12.2. The number of likely N-dealkylation sites (tertiary alicyclic amines) is 1. The van der Waals surface area contributed by atoms with E-state index in [-0.39, 0.29) is 0 Å². The zero-order chi connectivity index (χ0) is 10.6. The van der Waals surface area contributed by atoms with Crippen LogP contribution in [0.1, 0.15) is 26.7 Å². The highest BCUT2D eigenvalue weighted by Gasteiger charge is 2.27. The molecule has 1 fully saturated rings. The monoisotopic (exact) mass is 200 g/mol. The molecule has 3 atom stereocenters. The lowest BCUT2D eigenvalue weighted by molar-refractivity contribution is 0.120. The van der Waals surface area contributed by atoms with Gasteiger partial charge in [0.2, 0.25) is 0 Å². The molecule has 0 aromatic heterocycles. The molecule has 1 rings (SSSR count). The number of piperidine rings is 1. The third-order valence-electron chi connectivity index (χ3n) is 3.35. The predicted octanol–water partition coefficient (Wildman–Crippen LogP) is 0.687. The van der Waals surface area contributed by atoms with Gasteiger partial charge in [0, 0.05) is 25.2 Å². The third-order valence-corrected chi connectivity index (χ3v) is 3.35. The van der Waals surface area contributed by atoms with Crippen LogP contribution in [0.5, 0.6) is 0 Å². The summed E-state index contributed by atoms with van der Waals surface area (Å²) in [6.07, 6.45) is 2.09. The fourth-order valence-corrected chi connectivity index (χ4v) is 2.19. The fourth-order valence-electron chi connectivity index (χ4n) is 2.19. The molecular weight excluding hydrogens is 176 g/mol. The SMILES string of the molecule is C[C@@H]1CN(C)[C@H](C)C[C@@H]1NCCCO. The van der Waals surface area contributed by atoms with E-state index in [9.17, 15) is 0 Å². The molecule has 0 saturated carbocycles. The van der Waals surface area contributed by atoms with Crippen molar-refractivity contribution < 1.29 is 5.11 Å². The van der Waals surface area contributed by atoms with Gasteiger partial charge in [0.25, 0.3) is 0 Å². The maximum absolute atomic E-state index is 8.71. The van der Waals surface area contributed by atoms with E-state index in [4.69, 9.17) is 5.11 Å². The molecule has 0 aromatic rings. The molecule has 84 valence electrons. The van der Waals surface area contributed by atoms with Crippen molar-refractivity contribution in [2.24, 2.45) is 5.92 Å². The Kier molecular flexibility index (Phi) is 4.85. The van der Waals surface area contributed by atoms with E-state index in [0.717, 1.165) is 18.9 Å². The molecule has 3 heteroatoms. The van der Waals surface area contributed by atoms with Crippen LogP contribution in [0.4, 0.5) is 0 Å². The molecule has 1 aliphatic rings. The lowest BCUT2D eigenvalue weighted by Crippen LogP contribution is -2.51. The van der Waals surface area contributed by atoms with E-state index < -0.39 is 0 Å². The van der Waals surface area contributed by atoms with Gasteiger partial charge < -0.3 is 15.3 Å². The van der Waals surface area contributed by atoms with Crippen molar-refractivity contribution in [1.82, 2.24) is 10.2 Å². The highest BCUT2D eigenvalue weighted by molar-refractivity contribution is 4.85. The topological polar surface area (TPSA) is 35.5 Å². The van der Waals surface area contributed by atoms with Gasteiger partial charge in [0.1, 0.15) is 0 Å². The molecule has 3 nitrogen and oxygen atoms in total. The predicted molar refractivity (Wildman–Crippen MR) is 59.4 cm³/mol. The average molecular weight is 200 g/mol. The first kappa shape index (κ1) is 12.0. The quantitative estimate of drug-likeness (QED) is 0.655. The molecule has 0 spiro atoms. The minimum Gasteiger partial charge on any atom is -0.396 e. The molecule has 14 heavy (non-hydrogen) atoms. The largest absolute Gasteiger partial charge is 0.396 e. The van der Waals surface area contributed by atoms with Crippen molar-refractivity contribution in [2.45, 2.75) is 38.8 Å². The second-order valence-electron chi connectivity index (χ2n) is 4.64. The third kappa shape index (κ3) is 3.23. The lowest BCUT2D eigenvalue weighted by atomic mass is 9.90. The molecule has 0 aliphatic carbocycles. The van der Waals surface area contributed by atoms with Crippen LogP contribution in [-0.4, -0.2) is 48.8 Å². The lowest BCUT2D eigenvalue weighted by Gasteiger charge is -2.40. The summed E-state index contributed by atoms with van der Waals surface area (Å²) in [7, 11) is 2.20. The molecule has 1 heterocycles. The fraction of sp³-hybridized carbons (Fsp3) is 1.00. The first-order valence-electron chi connectivity index (χ1n) is 5.69. The van der Waals surface area contributed by atoms with Gasteiger partial charge in [-0.2, -0.15) is 0 Å². The Labute approximate surface area is 87.5 Å². The van der Waals surface area contributed by atoms with Crippen molar-refractivity contribution in [3.63, 3.8) is 0 Å². The zero-order valence-corrected chi connectivity index (χ0v) is 9.66. The number of hydrogen-bond donors (Lipinski definition) is 2. The Balaban J connectivity index is 2.29. The smallest absolute Gasteiger partial charge is 0.0443 e. The molecule has 0 aromatic carbocycles. The minimum absolute atomic E-state index is 0.295. The number of hydrogen-bond acceptors (Lipinski definition) is 3. The van der Waals surface area contributed by atoms with E-state index in [2.05, 4.69) is 31.1 Å². The minimum atomic E-state index is 0.295. The van der Waals surface area contributed by atoms with Crippen LogP contribution >= 0.6 is 0 Å². The molecular formula is C11H24N2O. The number of nitrogens with zero attached hydrogens (tertiary/aromatic N) is 1. The number of aliphatic hydroxyl groups excluding tert-OH is 1. The van der Waals surface area contributed by atoms with Crippen molar-refractivity contribution in [2.75, 3.05) is 26.7 Å². The number of nitrogens with one attached hydrogen (secondary N) is 1. The molecule has 2 N–H and O–H groups in total. The molecule has 0 unspecified atom stereocenters. The van der Waals surface area contributed by atoms with Gasteiger partial charge in [-0.25, -0.2) is 0 Å². The highest BCUT2D eigenvalue weighted by Crippen LogP contribution is 2.20. The van der Waals surface area contributed by atoms with E-state index in [1.165, 1.54) is 13.0 Å². The van der Waals surface area contributed by atoms with E-state index in [1.54, 1.807) is 0 Å². The van der Waals surface area contributed by atoms with E-state index in [0.29, 0.717) is 18.7 Å². The summed E-state index contributed by atoms with van der Waals surface area (Å²) in [6, 6.07) is 1.31. The van der Waals surface area contributed by atoms with Crippen molar-refractivity contribution in [3.8, 4) is 0 Å². The van der Waals surface area contributed by atoms with E-state index in [1.807, 2.05) is 0 Å². The Hall–Kier alpha value is -0.120. The van der Waals surface area contributed by atoms with E-state index >= 15 is 0 Å². The van der Waals surface area contributed by atoms with Gasteiger partial charge in [-0.15, -0.1) is 0 Å². The summed E-state index contributed by atoms with van der Waals surface area (Å²) >= 11 is 0. The van der Waals surface area contributed by atoms with Gasteiger partial charge in [0.05, 0.1) is 0 Å². The van der Waals surface area contributed by atoms with Crippen LogP contribution in [0.2, 0.25) is 0 Å². The van der Waals surface area contributed by atoms with Gasteiger partial charge in [-0.3, -0.25) is 0 Å². The normalized spacial score (nSPS) is 34.7. The van der Waals surface area contributed by atoms with Gasteiger partial charge in [-0.1, -0.05) is 6.92 Å². The standard InChI is InChI=1S/C11H24N2O/c1-9-8-13(3)10(2)7-11(9)12-5-4-6-14/h9-12,14H,4-8H2,1-3H3/t9-,10-,11+/m1/s1. The summed E-state index contributed by atoms with van der Waals surface area (Å²) < 4.78 is 0. The maximum atomic E-state index is 8.71. The zero-order valence-electron chi connectivity index (χ0n) is 9.66. The first-order valence-corrected chi connectivity index (χ1v) is 5.69. The van der Waals surface area contributed by atoms with Crippen molar-refractivity contribution in [3.05, 3.63) is 0 Å². The summed E-state index contributed by atoms with van der Waals surface area (Å²) in [5.41, 5.74) is 0. The molecule has 0 radical (unpaired) electrons. The van der Waals surface area contributed by atoms with Crippen LogP contribution in [0.25, 0.3) is 0 Å². The Bertz CT molecular complexity index is 163. The molecule has 1 saturated heterocycles. The van der Waals surface area contributed by atoms with Crippen molar-refractivity contribution in [1.29, 1.82) is 0 Å². The average Bonchev–Trinajstić information content (AvgIpc) is 2.14. The van der Waals surface area contributed by atoms with Crippen LogP contribution in [0.15, 0.2) is 0 Å². The number of rotatable bonds is 4. The molecule has 0 amide bonds. The van der Waals surface area contributed by atoms with Gasteiger partial charge >= 0.3 is 0 Å². The molecule has 0 bridgehead atoms. The highest BCUT2D eigenvalue weighted by atomic mass is 16.3. The first-order chi connectivity index (χ1) is 6.65. The Morgan fingerprint density at radius 3 is 2.79 bits per heavy atom. The van der Waals surface area contributed by atoms with Crippen LogP contribution in [0, 0.1) is 5.92 Å². The van der Waals surface area contributed by atoms with Crippen LogP contribution in [-0.2, 0) is 0 Å². The van der Waals surface area contributed by atoms with Crippen molar-refractivity contribution >= 4 is 0 Å². The molecule has 1 aliphatic heterocycles. The van der Waals surface area contributed by atoms with Gasteiger partial charge in [-0.05, 0) is 39.3 Å².